The topological polar surface area (TPSA) is 48.0 Å². The predicted molar refractivity (Wildman–Crippen MR) is 102 cm³/mol. The SMILES string of the molecule is COc1cc(CCN(C)C(=O)Cc2cccc(C)c2)cc(OC)c1OC. The van der Waals surface area contributed by atoms with E-state index >= 15 is 0 Å². The molecule has 140 valence electrons. The van der Waals surface area contributed by atoms with Crippen molar-refractivity contribution < 1.29 is 19.0 Å². The molecule has 2 aromatic rings. The summed E-state index contributed by atoms with van der Waals surface area (Å²) in [5, 5.41) is 0. The Morgan fingerprint density at radius 3 is 2.15 bits per heavy atom. The van der Waals surface area contributed by atoms with Gasteiger partial charge in [-0.05, 0) is 36.6 Å². The smallest absolute Gasteiger partial charge is 0.226 e. The van der Waals surface area contributed by atoms with Gasteiger partial charge in [0, 0.05) is 13.6 Å². The molecular weight excluding hydrogens is 330 g/mol. The lowest BCUT2D eigenvalue weighted by molar-refractivity contribution is -0.129. The maximum atomic E-state index is 12.4. The fourth-order valence-corrected chi connectivity index (χ4v) is 2.83. The van der Waals surface area contributed by atoms with E-state index in [4.69, 9.17) is 14.2 Å². The van der Waals surface area contributed by atoms with Crippen LogP contribution in [0.2, 0.25) is 0 Å². The highest BCUT2D eigenvalue weighted by molar-refractivity contribution is 5.78. The predicted octanol–water partition coefficient (Wildman–Crippen LogP) is 3.26. The summed E-state index contributed by atoms with van der Waals surface area (Å²) >= 11 is 0. The summed E-state index contributed by atoms with van der Waals surface area (Å²) in [5.74, 6) is 1.91. The van der Waals surface area contributed by atoms with Gasteiger partial charge in [0.05, 0.1) is 27.8 Å². The number of carbonyl (C=O) groups excluding carboxylic acids is 1. The summed E-state index contributed by atoms with van der Waals surface area (Å²) in [5.41, 5.74) is 3.22. The van der Waals surface area contributed by atoms with Gasteiger partial charge in [-0.3, -0.25) is 4.79 Å². The number of rotatable bonds is 8. The molecular formula is C21H27NO4. The van der Waals surface area contributed by atoms with E-state index in [1.54, 1.807) is 26.2 Å². The van der Waals surface area contributed by atoms with Crippen LogP contribution in [0.1, 0.15) is 16.7 Å². The van der Waals surface area contributed by atoms with E-state index in [1.165, 1.54) is 0 Å². The van der Waals surface area contributed by atoms with Crippen LogP contribution in [0, 0.1) is 6.92 Å². The van der Waals surface area contributed by atoms with Gasteiger partial charge in [-0.15, -0.1) is 0 Å². The molecule has 5 heteroatoms. The van der Waals surface area contributed by atoms with Crippen molar-refractivity contribution in [2.24, 2.45) is 0 Å². The normalized spacial score (nSPS) is 10.3. The average molecular weight is 357 g/mol. The number of likely N-dealkylation sites (N-methyl/N-ethyl adjacent to an activating group) is 1. The second-order valence-corrected chi connectivity index (χ2v) is 6.26. The molecule has 0 aliphatic heterocycles. The van der Waals surface area contributed by atoms with Crippen molar-refractivity contribution in [1.82, 2.24) is 4.90 Å². The van der Waals surface area contributed by atoms with Crippen LogP contribution in [0.15, 0.2) is 36.4 Å². The van der Waals surface area contributed by atoms with Crippen LogP contribution in [0.3, 0.4) is 0 Å². The lowest BCUT2D eigenvalue weighted by Gasteiger charge is -2.19. The van der Waals surface area contributed by atoms with Crippen LogP contribution < -0.4 is 14.2 Å². The van der Waals surface area contributed by atoms with Crippen molar-refractivity contribution in [3.05, 3.63) is 53.1 Å². The highest BCUT2D eigenvalue weighted by atomic mass is 16.5. The summed E-state index contributed by atoms with van der Waals surface area (Å²) in [6, 6.07) is 11.9. The van der Waals surface area contributed by atoms with Crippen molar-refractivity contribution in [1.29, 1.82) is 0 Å². The Balaban J connectivity index is 2.02. The molecule has 0 N–H and O–H groups in total. The van der Waals surface area contributed by atoms with E-state index in [0.717, 1.165) is 16.7 Å². The lowest BCUT2D eigenvalue weighted by atomic mass is 10.1. The van der Waals surface area contributed by atoms with E-state index in [0.29, 0.717) is 36.6 Å². The Morgan fingerprint density at radius 1 is 0.962 bits per heavy atom. The second kappa shape index (κ2) is 9.13. The van der Waals surface area contributed by atoms with Crippen LogP contribution in [0.25, 0.3) is 0 Å². The van der Waals surface area contributed by atoms with Gasteiger partial charge in [-0.25, -0.2) is 0 Å². The molecule has 0 aliphatic carbocycles. The van der Waals surface area contributed by atoms with Gasteiger partial charge in [-0.1, -0.05) is 29.8 Å². The summed E-state index contributed by atoms with van der Waals surface area (Å²) in [7, 11) is 6.60. The Hall–Kier alpha value is -2.69. The molecule has 0 radical (unpaired) electrons. The Morgan fingerprint density at radius 2 is 1.62 bits per heavy atom. The van der Waals surface area contributed by atoms with Crippen molar-refractivity contribution in [2.75, 3.05) is 34.9 Å². The van der Waals surface area contributed by atoms with Gasteiger partial charge in [-0.2, -0.15) is 0 Å². The van der Waals surface area contributed by atoms with Crippen molar-refractivity contribution in [3.63, 3.8) is 0 Å². The van der Waals surface area contributed by atoms with E-state index in [-0.39, 0.29) is 5.91 Å². The minimum absolute atomic E-state index is 0.100. The quantitative estimate of drug-likeness (QED) is 0.728. The summed E-state index contributed by atoms with van der Waals surface area (Å²) in [6.07, 6.45) is 1.11. The molecule has 1 amide bonds. The maximum Gasteiger partial charge on any atom is 0.226 e. The third-order valence-electron chi connectivity index (χ3n) is 4.32. The second-order valence-electron chi connectivity index (χ2n) is 6.26. The molecule has 0 fully saturated rings. The van der Waals surface area contributed by atoms with Crippen LogP contribution in [0.5, 0.6) is 17.2 Å². The number of aryl methyl sites for hydroxylation is 1. The Labute approximate surface area is 155 Å². The first-order valence-electron chi connectivity index (χ1n) is 8.57. The van der Waals surface area contributed by atoms with Gasteiger partial charge in [0.25, 0.3) is 0 Å². The van der Waals surface area contributed by atoms with Crippen LogP contribution in [0.4, 0.5) is 0 Å². The molecule has 0 bridgehead atoms. The zero-order valence-electron chi connectivity index (χ0n) is 16.2. The monoisotopic (exact) mass is 357 g/mol. The maximum absolute atomic E-state index is 12.4. The zero-order chi connectivity index (χ0) is 19.1. The standard InChI is InChI=1S/C21H27NO4/c1-15-7-6-8-16(11-15)14-20(23)22(2)10-9-17-12-18(24-3)21(26-5)19(13-17)25-4/h6-8,11-13H,9-10,14H2,1-5H3. The fourth-order valence-electron chi connectivity index (χ4n) is 2.83. The number of nitrogens with zero attached hydrogens (tertiary/aromatic N) is 1. The van der Waals surface area contributed by atoms with Gasteiger partial charge in [0.1, 0.15) is 0 Å². The van der Waals surface area contributed by atoms with Gasteiger partial charge in [0.15, 0.2) is 11.5 Å². The number of ether oxygens (including phenoxy) is 3. The molecule has 0 aliphatic rings. The largest absolute Gasteiger partial charge is 0.493 e. The molecule has 0 spiro atoms. The molecule has 0 unspecified atom stereocenters. The summed E-state index contributed by atoms with van der Waals surface area (Å²) in [4.78, 5) is 14.2. The Kier molecular flexibility index (Phi) is 6.89. The third kappa shape index (κ3) is 4.91. The first-order chi connectivity index (χ1) is 12.5. The molecule has 26 heavy (non-hydrogen) atoms. The van der Waals surface area contributed by atoms with Crippen LogP contribution in [-0.2, 0) is 17.6 Å². The first-order valence-corrected chi connectivity index (χ1v) is 8.57. The number of methoxy groups -OCH3 is 3. The molecule has 0 saturated heterocycles. The lowest BCUT2D eigenvalue weighted by Crippen LogP contribution is -2.30. The molecule has 2 aromatic carbocycles. The summed E-state index contributed by atoms with van der Waals surface area (Å²) < 4.78 is 16.1. The van der Waals surface area contributed by atoms with Crippen molar-refractivity contribution in [2.45, 2.75) is 19.8 Å². The van der Waals surface area contributed by atoms with Crippen molar-refractivity contribution in [3.8, 4) is 17.2 Å². The minimum Gasteiger partial charge on any atom is -0.493 e. The number of amides is 1. The van der Waals surface area contributed by atoms with E-state index in [1.807, 2.05) is 50.4 Å². The molecule has 0 atom stereocenters. The number of benzene rings is 2. The number of hydrogen-bond donors (Lipinski definition) is 0. The third-order valence-corrected chi connectivity index (χ3v) is 4.32. The van der Waals surface area contributed by atoms with E-state index < -0.39 is 0 Å². The molecule has 0 saturated carbocycles. The van der Waals surface area contributed by atoms with Crippen LogP contribution >= 0.6 is 0 Å². The average Bonchev–Trinajstić information content (AvgIpc) is 2.64. The van der Waals surface area contributed by atoms with Gasteiger partial charge < -0.3 is 19.1 Å². The van der Waals surface area contributed by atoms with Gasteiger partial charge in [0.2, 0.25) is 11.7 Å². The summed E-state index contributed by atoms with van der Waals surface area (Å²) in [6.45, 7) is 2.64. The number of carbonyl (C=O) groups is 1. The van der Waals surface area contributed by atoms with E-state index in [2.05, 4.69) is 0 Å². The first kappa shape index (κ1) is 19.6. The minimum atomic E-state index is 0.100. The molecule has 0 heterocycles. The molecule has 2 rings (SSSR count). The highest BCUT2D eigenvalue weighted by Gasteiger charge is 2.15. The fraction of sp³-hybridized carbons (Fsp3) is 0.381. The molecule has 5 nitrogen and oxygen atoms in total. The highest BCUT2D eigenvalue weighted by Crippen LogP contribution is 2.38. The zero-order valence-corrected chi connectivity index (χ0v) is 16.2. The number of hydrogen-bond acceptors (Lipinski definition) is 4. The van der Waals surface area contributed by atoms with E-state index in [9.17, 15) is 4.79 Å². The Bertz CT molecular complexity index is 732. The van der Waals surface area contributed by atoms with Gasteiger partial charge >= 0.3 is 0 Å². The molecule has 0 aromatic heterocycles. The van der Waals surface area contributed by atoms with Crippen molar-refractivity contribution >= 4 is 5.91 Å². The van der Waals surface area contributed by atoms with Crippen LogP contribution in [-0.4, -0.2) is 45.7 Å².